The Morgan fingerprint density at radius 3 is 2.78 bits per heavy atom. The number of ether oxygens (including phenoxy) is 1. The Hall–Kier alpha value is -0.900. The van der Waals surface area contributed by atoms with Crippen molar-refractivity contribution in [1.82, 2.24) is 10.2 Å². The third-order valence-corrected chi connectivity index (χ3v) is 3.81. The van der Waals surface area contributed by atoms with Gasteiger partial charge in [0, 0.05) is 32.3 Å². The molecule has 18 heavy (non-hydrogen) atoms. The smallest absolute Gasteiger partial charge is 0.0615 e. The molecule has 0 amide bonds. The highest BCUT2D eigenvalue weighted by atomic mass is 16.5. The van der Waals surface area contributed by atoms with Crippen LogP contribution in [0.15, 0.2) is 24.3 Å². The van der Waals surface area contributed by atoms with E-state index < -0.39 is 0 Å². The highest BCUT2D eigenvalue weighted by molar-refractivity contribution is 5.30. The topological polar surface area (TPSA) is 24.5 Å². The second kappa shape index (κ2) is 6.32. The van der Waals surface area contributed by atoms with Gasteiger partial charge >= 0.3 is 0 Å². The van der Waals surface area contributed by atoms with Gasteiger partial charge in [-0.3, -0.25) is 4.90 Å². The molecule has 0 saturated heterocycles. The summed E-state index contributed by atoms with van der Waals surface area (Å²) >= 11 is 0. The SMILES string of the molecule is CNCC1Cc2ccccc2CN1C(C)COC. The molecule has 0 aromatic heterocycles. The van der Waals surface area contributed by atoms with Crippen LogP contribution in [-0.2, 0) is 17.7 Å². The van der Waals surface area contributed by atoms with Gasteiger partial charge < -0.3 is 10.1 Å². The Morgan fingerprint density at radius 1 is 1.39 bits per heavy atom. The molecule has 1 N–H and O–H groups in total. The molecule has 0 saturated carbocycles. The molecule has 0 fully saturated rings. The Kier molecular flexibility index (Phi) is 4.75. The standard InChI is InChI=1S/C15H24N2O/c1-12(11-18-3)17-10-14-7-5-4-6-13(14)8-15(17)9-16-2/h4-7,12,15-16H,8-11H2,1-3H3. The van der Waals surface area contributed by atoms with Crippen LogP contribution in [0, 0.1) is 0 Å². The zero-order valence-electron chi connectivity index (χ0n) is 11.6. The lowest BCUT2D eigenvalue weighted by Crippen LogP contribution is -2.50. The number of nitrogens with zero attached hydrogens (tertiary/aromatic N) is 1. The number of hydrogen-bond acceptors (Lipinski definition) is 3. The van der Waals surface area contributed by atoms with Crippen LogP contribution in [0.5, 0.6) is 0 Å². The third-order valence-electron chi connectivity index (χ3n) is 3.81. The number of fused-ring (bicyclic) bond motifs is 1. The highest BCUT2D eigenvalue weighted by Gasteiger charge is 2.28. The van der Waals surface area contributed by atoms with Gasteiger partial charge in [-0.2, -0.15) is 0 Å². The average molecular weight is 248 g/mol. The predicted molar refractivity (Wildman–Crippen MR) is 74.7 cm³/mol. The van der Waals surface area contributed by atoms with E-state index >= 15 is 0 Å². The molecule has 1 heterocycles. The van der Waals surface area contributed by atoms with Crippen molar-refractivity contribution in [3.63, 3.8) is 0 Å². The van der Waals surface area contributed by atoms with Crippen LogP contribution in [0.2, 0.25) is 0 Å². The third kappa shape index (κ3) is 2.91. The summed E-state index contributed by atoms with van der Waals surface area (Å²) in [5, 5.41) is 3.31. The molecule has 3 heteroatoms. The van der Waals surface area contributed by atoms with Crippen LogP contribution in [-0.4, -0.2) is 44.3 Å². The van der Waals surface area contributed by atoms with Crippen molar-refractivity contribution in [3.05, 3.63) is 35.4 Å². The molecule has 0 radical (unpaired) electrons. The van der Waals surface area contributed by atoms with Crippen molar-refractivity contribution in [3.8, 4) is 0 Å². The maximum absolute atomic E-state index is 5.31. The molecule has 2 unspecified atom stereocenters. The molecular formula is C15H24N2O. The molecule has 0 bridgehead atoms. The summed E-state index contributed by atoms with van der Waals surface area (Å²) in [6.45, 7) is 5.11. The molecule has 2 atom stereocenters. The van der Waals surface area contributed by atoms with E-state index in [0.717, 1.165) is 26.1 Å². The van der Waals surface area contributed by atoms with Crippen molar-refractivity contribution >= 4 is 0 Å². The fraction of sp³-hybridized carbons (Fsp3) is 0.600. The van der Waals surface area contributed by atoms with Crippen molar-refractivity contribution < 1.29 is 4.74 Å². The van der Waals surface area contributed by atoms with Crippen molar-refractivity contribution in [2.24, 2.45) is 0 Å². The van der Waals surface area contributed by atoms with Gasteiger partial charge in [-0.1, -0.05) is 24.3 Å². The van der Waals surface area contributed by atoms with Crippen LogP contribution in [0.1, 0.15) is 18.1 Å². The van der Waals surface area contributed by atoms with Gasteiger partial charge in [0.25, 0.3) is 0 Å². The largest absolute Gasteiger partial charge is 0.383 e. The second-order valence-electron chi connectivity index (χ2n) is 5.16. The van der Waals surface area contributed by atoms with Crippen molar-refractivity contribution in [1.29, 1.82) is 0 Å². The first-order valence-corrected chi connectivity index (χ1v) is 6.72. The lowest BCUT2D eigenvalue weighted by Gasteiger charge is -2.40. The molecule has 100 valence electrons. The van der Waals surface area contributed by atoms with Gasteiger partial charge in [0.15, 0.2) is 0 Å². The van der Waals surface area contributed by atoms with Crippen molar-refractivity contribution in [2.75, 3.05) is 27.3 Å². The van der Waals surface area contributed by atoms with Crippen molar-refractivity contribution in [2.45, 2.75) is 32.0 Å². The molecule has 1 aromatic carbocycles. The number of hydrogen-bond donors (Lipinski definition) is 1. The summed E-state index contributed by atoms with van der Waals surface area (Å²) in [6, 6.07) is 9.81. The van der Waals surface area contributed by atoms with E-state index in [-0.39, 0.29) is 0 Å². The number of rotatable bonds is 5. The first-order valence-electron chi connectivity index (χ1n) is 6.72. The number of likely N-dealkylation sites (N-methyl/N-ethyl adjacent to an activating group) is 1. The van der Waals surface area contributed by atoms with E-state index in [1.807, 2.05) is 7.05 Å². The van der Waals surface area contributed by atoms with Gasteiger partial charge in [-0.05, 0) is 31.5 Å². The maximum atomic E-state index is 5.31. The van der Waals surface area contributed by atoms with Gasteiger partial charge in [0.2, 0.25) is 0 Å². The average Bonchev–Trinajstić information content (AvgIpc) is 2.38. The van der Waals surface area contributed by atoms with E-state index in [4.69, 9.17) is 4.74 Å². The van der Waals surface area contributed by atoms with E-state index in [2.05, 4.69) is 41.4 Å². The van der Waals surface area contributed by atoms with Crippen LogP contribution in [0.3, 0.4) is 0 Å². The summed E-state index contributed by atoms with van der Waals surface area (Å²) in [4.78, 5) is 2.56. The first kappa shape index (κ1) is 13.5. The molecule has 1 aliphatic rings. The van der Waals surface area contributed by atoms with Crippen LogP contribution in [0.4, 0.5) is 0 Å². The summed E-state index contributed by atoms with van der Waals surface area (Å²) in [6.07, 6.45) is 1.13. The molecule has 0 aliphatic carbocycles. The normalized spacial score (nSPS) is 21.6. The monoisotopic (exact) mass is 248 g/mol. The minimum atomic E-state index is 0.460. The maximum Gasteiger partial charge on any atom is 0.0615 e. The highest BCUT2D eigenvalue weighted by Crippen LogP contribution is 2.24. The Balaban J connectivity index is 2.17. The molecule has 1 aliphatic heterocycles. The lowest BCUT2D eigenvalue weighted by molar-refractivity contribution is 0.0570. The van der Waals surface area contributed by atoms with Crippen LogP contribution < -0.4 is 5.32 Å². The molecule has 3 nitrogen and oxygen atoms in total. The zero-order valence-corrected chi connectivity index (χ0v) is 11.6. The van der Waals surface area contributed by atoms with E-state index in [0.29, 0.717) is 12.1 Å². The summed E-state index contributed by atoms with van der Waals surface area (Å²) < 4.78 is 5.31. The quantitative estimate of drug-likeness (QED) is 0.858. The van der Waals surface area contributed by atoms with E-state index in [9.17, 15) is 0 Å². The van der Waals surface area contributed by atoms with Gasteiger partial charge in [-0.15, -0.1) is 0 Å². The fourth-order valence-electron chi connectivity index (χ4n) is 2.89. The number of methoxy groups -OCH3 is 1. The zero-order chi connectivity index (χ0) is 13.0. The number of nitrogens with one attached hydrogen (secondary N) is 1. The van der Waals surface area contributed by atoms with E-state index in [1.165, 1.54) is 11.1 Å². The minimum absolute atomic E-state index is 0.460. The second-order valence-corrected chi connectivity index (χ2v) is 5.16. The summed E-state index contributed by atoms with van der Waals surface area (Å²) in [5.74, 6) is 0. The van der Waals surface area contributed by atoms with Gasteiger partial charge in [0.05, 0.1) is 6.61 Å². The fourth-order valence-corrected chi connectivity index (χ4v) is 2.89. The van der Waals surface area contributed by atoms with Crippen LogP contribution >= 0.6 is 0 Å². The Labute approximate surface area is 110 Å². The summed E-state index contributed by atoms with van der Waals surface area (Å²) in [7, 11) is 3.81. The molecular weight excluding hydrogens is 224 g/mol. The first-order chi connectivity index (χ1) is 8.76. The molecule has 2 rings (SSSR count). The van der Waals surface area contributed by atoms with Gasteiger partial charge in [0.1, 0.15) is 0 Å². The molecule has 1 aromatic rings. The number of benzene rings is 1. The van der Waals surface area contributed by atoms with E-state index in [1.54, 1.807) is 7.11 Å². The van der Waals surface area contributed by atoms with Gasteiger partial charge in [-0.25, -0.2) is 0 Å². The Morgan fingerprint density at radius 2 is 2.11 bits per heavy atom. The molecule has 0 spiro atoms. The predicted octanol–water partition coefficient (Wildman–Crippen LogP) is 1.67. The minimum Gasteiger partial charge on any atom is -0.383 e. The summed E-state index contributed by atoms with van der Waals surface area (Å²) in [5.41, 5.74) is 2.96. The van der Waals surface area contributed by atoms with Crippen LogP contribution in [0.25, 0.3) is 0 Å². The Bertz CT molecular complexity index is 381. The lowest BCUT2D eigenvalue weighted by atomic mass is 9.93.